The van der Waals surface area contributed by atoms with Crippen molar-refractivity contribution in [2.75, 3.05) is 19.6 Å². The average Bonchev–Trinajstić information content (AvgIpc) is 2.31. The number of carboxylic acids is 1. The highest BCUT2D eigenvalue weighted by molar-refractivity contribution is 5.69. The Hall–Kier alpha value is -0.610. The van der Waals surface area contributed by atoms with Crippen molar-refractivity contribution >= 4 is 5.97 Å². The van der Waals surface area contributed by atoms with Gasteiger partial charge in [-0.05, 0) is 25.8 Å². The highest BCUT2D eigenvalue weighted by atomic mass is 16.4. The van der Waals surface area contributed by atoms with E-state index >= 15 is 0 Å². The molecule has 1 rings (SSSR count). The number of hydrogen-bond acceptors (Lipinski definition) is 3. The Morgan fingerprint density at radius 1 is 1.75 bits per heavy atom. The zero-order chi connectivity index (χ0) is 9.14. The summed E-state index contributed by atoms with van der Waals surface area (Å²) in [4.78, 5) is 12.4. The second-order valence-electron chi connectivity index (χ2n) is 3.51. The van der Waals surface area contributed by atoms with Crippen LogP contribution in [0.15, 0.2) is 0 Å². The van der Waals surface area contributed by atoms with Crippen LogP contribution in [-0.4, -0.2) is 41.7 Å². The Bertz CT molecular complexity index is 172. The normalized spacial score (nSPS) is 30.8. The third-order valence-corrected chi connectivity index (χ3v) is 2.46. The molecule has 0 aromatic rings. The molecule has 4 nitrogen and oxygen atoms in total. The topological polar surface area (TPSA) is 66.6 Å². The van der Waals surface area contributed by atoms with E-state index in [9.17, 15) is 4.79 Å². The Kier molecular flexibility index (Phi) is 3.05. The molecule has 12 heavy (non-hydrogen) atoms. The van der Waals surface area contributed by atoms with E-state index in [-0.39, 0.29) is 6.54 Å². The summed E-state index contributed by atoms with van der Waals surface area (Å²) in [6, 6.07) is 0.370. The van der Waals surface area contributed by atoms with Crippen LogP contribution in [0.2, 0.25) is 0 Å². The number of hydrogen-bond donors (Lipinski definition) is 2. The van der Waals surface area contributed by atoms with Crippen LogP contribution in [0.5, 0.6) is 0 Å². The zero-order valence-corrected chi connectivity index (χ0v) is 7.36. The summed E-state index contributed by atoms with van der Waals surface area (Å²) in [6.45, 7) is 3.71. The van der Waals surface area contributed by atoms with Crippen LogP contribution in [-0.2, 0) is 4.79 Å². The Morgan fingerprint density at radius 3 is 2.83 bits per heavy atom. The van der Waals surface area contributed by atoms with E-state index < -0.39 is 5.97 Å². The number of aliphatic carboxylic acids is 1. The van der Waals surface area contributed by atoms with E-state index in [1.807, 2.05) is 4.90 Å². The molecule has 0 aromatic carbocycles. The first kappa shape index (κ1) is 9.48. The van der Waals surface area contributed by atoms with Crippen LogP contribution in [0.4, 0.5) is 0 Å². The lowest BCUT2D eigenvalue weighted by Gasteiger charge is -2.17. The molecule has 0 spiro atoms. The standard InChI is InChI=1S/C8H16N2O2/c1-6-2-7(3-9)4-10(6)5-8(11)12/h6-7H,2-5,9H2,1H3,(H,11,12). The SMILES string of the molecule is CC1CC(CN)CN1CC(=O)O. The summed E-state index contributed by atoms with van der Waals surface area (Å²) in [5.41, 5.74) is 5.51. The molecule has 1 aliphatic rings. The minimum absolute atomic E-state index is 0.150. The fraction of sp³-hybridized carbons (Fsp3) is 0.875. The molecule has 2 unspecified atom stereocenters. The lowest BCUT2D eigenvalue weighted by atomic mass is 10.1. The molecule has 1 fully saturated rings. The minimum Gasteiger partial charge on any atom is -0.480 e. The first-order chi connectivity index (χ1) is 5.63. The molecular weight excluding hydrogens is 156 g/mol. The molecule has 3 N–H and O–H groups in total. The van der Waals surface area contributed by atoms with Gasteiger partial charge in [-0.3, -0.25) is 9.69 Å². The Labute approximate surface area is 72.3 Å². The van der Waals surface area contributed by atoms with E-state index in [1.54, 1.807) is 0 Å². The van der Waals surface area contributed by atoms with Gasteiger partial charge < -0.3 is 10.8 Å². The Balaban J connectivity index is 2.40. The highest BCUT2D eigenvalue weighted by Gasteiger charge is 2.28. The van der Waals surface area contributed by atoms with Crippen molar-refractivity contribution in [2.45, 2.75) is 19.4 Å². The maximum absolute atomic E-state index is 10.4. The van der Waals surface area contributed by atoms with Crippen LogP contribution in [0.25, 0.3) is 0 Å². The lowest BCUT2D eigenvalue weighted by Crippen LogP contribution is -2.33. The van der Waals surface area contributed by atoms with Gasteiger partial charge in [0.2, 0.25) is 0 Å². The van der Waals surface area contributed by atoms with Gasteiger partial charge in [0.15, 0.2) is 0 Å². The van der Waals surface area contributed by atoms with Gasteiger partial charge in [-0.15, -0.1) is 0 Å². The fourth-order valence-corrected chi connectivity index (χ4v) is 1.78. The van der Waals surface area contributed by atoms with Crippen molar-refractivity contribution in [3.05, 3.63) is 0 Å². The third-order valence-electron chi connectivity index (χ3n) is 2.46. The zero-order valence-electron chi connectivity index (χ0n) is 7.36. The number of likely N-dealkylation sites (tertiary alicyclic amines) is 1. The predicted molar refractivity (Wildman–Crippen MR) is 45.8 cm³/mol. The predicted octanol–water partition coefficient (Wildman–Crippen LogP) is -0.260. The molecule has 1 heterocycles. The van der Waals surface area contributed by atoms with Gasteiger partial charge in [0.1, 0.15) is 0 Å². The summed E-state index contributed by atoms with van der Waals surface area (Å²) < 4.78 is 0. The van der Waals surface area contributed by atoms with Crippen molar-refractivity contribution in [3.8, 4) is 0 Å². The van der Waals surface area contributed by atoms with Gasteiger partial charge in [-0.25, -0.2) is 0 Å². The fourth-order valence-electron chi connectivity index (χ4n) is 1.78. The van der Waals surface area contributed by atoms with Crippen molar-refractivity contribution in [1.29, 1.82) is 0 Å². The lowest BCUT2D eigenvalue weighted by molar-refractivity contribution is -0.138. The van der Waals surface area contributed by atoms with Gasteiger partial charge in [-0.2, -0.15) is 0 Å². The third kappa shape index (κ3) is 2.19. The maximum atomic E-state index is 10.4. The van der Waals surface area contributed by atoms with Crippen molar-refractivity contribution < 1.29 is 9.90 Å². The number of nitrogens with two attached hydrogens (primary N) is 1. The highest BCUT2D eigenvalue weighted by Crippen LogP contribution is 2.21. The molecule has 0 amide bonds. The maximum Gasteiger partial charge on any atom is 0.317 e. The molecule has 0 aliphatic carbocycles. The second kappa shape index (κ2) is 3.87. The minimum atomic E-state index is -0.750. The summed E-state index contributed by atoms with van der Waals surface area (Å²) in [6.07, 6.45) is 1.03. The molecule has 0 bridgehead atoms. The molecule has 4 heteroatoms. The van der Waals surface area contributed by atoms with Gasteiger partial charge in [0.05, 0.1) is 6.54 Å². The number of carbonyl (C=O) groups is 1. The molecule has 1 aliphatic heterocycles. The molecule has 1 saturated heterocycles. The van der Waals surface area contributed by atoms with Crippen molar-refractivity contribution in [3.63, 3.8) is 0 Å². The van der Waals surface area contributed by atoms with Crippen LogP contribution in [0, 0.1) is 5.92 Å². The summed E-state index contributed by atoms with van der Waals surface area (Å²) in [7, 11) is 0. The molecule has 0 aromatic heterocycles. The monoisotopic (exact) mass is 172 g/mol. The van der Waals surface area contributed by atoms with Gasteiger partial charge in [-0.1, -0.05) is 0 Å². The molecule has 70 valence electrons. The average molecular weight is 172 g/mol. The largest absolute Gasteiger partial charge is 0.480 e. The van der Waals surface area contributed by atoms with Gasteiger partial charge >= 0.3 is 5.97 Å². The number of rotatable bonds is 3. The van der Waals surface area contributed by atoms with Crippen molar-refractivity contribution in [2.24, 2.45) is 11.7 Å². The van der Waals surface area contributed by atoms with Gasteiger partial charge in [0.25, 0.3) is 0 Å². The van der Waals surface area contributed by atoms with Crippen molar-refractivity contribution in [1.82, 2.24) is 4.90 Å². The van der Waals surface area contributed by atoms with Crippen LogP contribution in [0.3, 0.4) is 0 Å². The molecule has 0 radical (unpaired) electrons. The van der Waals surface area contributed by atoms with E-state index in [1.165, 1.54) is 0 Å². The van der Waals surface area contributed by atoms with E-state index in [0.717, 1.165) is 13.0 Å². The summed E-state index contributed by atoms with van der Waals surface area (Å²) >= 11 is 0. The summed E-state index contributed by atoms with van der Waals surface area (Å²) in [5.74, 6) is -0.265. The number of carboxylic acid groups (broad SMARTS) is 1. The van der Waals surface area contributed by atoms with Crippen LogP contribution in [0.1, 0.15) is 13.3 Å². The van der Waals surface area contributed by atoms with Crippen LogP contribution >= 0.6 is 0 Å². The van der Waals surface area contributed by atoms with Crippen LogP contribution < -0.4 is 5.73 Å². The first-order valence-corrected chi connectivity index (χ1v) is 4.29. The smallest absolute Gasteiger partial charge is 0.317 e. The second-order valence-corrected chi connectivity index (χ2v) is 3.51. The number of nitrogens with zero attached hydrogens (tertiary/aromatic N) is 1. The first-order valence-electron chi connectivity index (χ1n) is 4.29. The van der Waals surface area contributed by atoms with E-state index in [2.05, 4.69) is 6.92 Å². The Morgan fingerprint density at radius 2 is 2.42 bits per heavy atom. The van der Waals surface area contributed by atoms with E-state index in [4.69, 9.17) is 10.8 Å². The molecule has 0 saturated carbocycles. The quantitative estimate of drug-likeness (QED) is 0.615. The summed E-state index contributed by atoms with van der Waals surface area (Å²) in [5, 5.41) is 8.58. The van der Waals surface area contributed by atoms with Gasteiger partial charge in [0, 0.05) is 12.6 Å². The molecular formula is C8H16N2O2. The molecule has 2 atom stereocenters. The van der Waals surface area contributed by atoms with E-state index in [0.29, 0.717) is 18.5 Å².